The second kappa shape index (κ2) is 11.9. The first-order chi connectivity index (χ1) is 14.9. The van der Waals surface area contributed by atoms with Crippen LogP contribution < -0.4 is 10.6 Å². The second-order valence-electron chi connectivity index (χ2n) is 6.66. The van der Waals surface area contributed by atoms with Gasteiger partial charge in [-0.2, -0.15) is 0 Å². The van der Waals surface area contributed by atoms with Gasteiger partial charge in [0.2, 0.25) is 0 Å². The van der Waals surface area contributed by atoms with E-state index in [1.54, 1.807) is 0 Å². The molecule has 0 saturated carbocycles. The number of nitrogens with zero attached hydrogens (tertiary/aromatic N) is 1. The topological polar surface area (TPSA) is 148 Å². The average molecular weight is 429 g/mol. The summed E-state index contributed by atoms with van der Waals surface area (Å²) in [7, 11) is 0. The summed E-state index contributed by atoms with van der Waals surface area (Å²) in [6.45, 7) is 0.441. The van der Waals surface area contributed by atoms with Gasteiger partial charge in [-0.3, -0.25) is 14.9 Å². The Bertz CT molecular complexity index is 918. The van der Waals surface area contributed by atoms with E-state index in [0.717, 1.165) is 11.6 Å². The van der Waals surface area contributed by atoms with Gasteiger partial charge in [-0.15, -0.1) is 0 Å². The molecule has 10 nitrogen and oxygen atoms in total. The second-order valence-corrected chi connectivity index (χ2v) is 6.66. The zero-order valence-corrected chi connectivity index (χ0v) is 16.7. The number of carboxylic acids is 1. The maximum Gasteiger partial charge on any atom is 0.407 e. The van der Waals surface area contributed by atoms with E-state index >= 15 is 0 Å². The van der Waals surface area contributed by atoms with Crippen LogP contribution in [0.1, 0.15) is 35.2 Å². The van der Waals surface area contributed by atoms with Crippen LogP contribution in [-0.4, -0.2) is 40.6 Å². The lowest BCUT2D eigenvalue weighted by atomic mass is 10.1. The molecule has 2 aromatic carbocycles. The number of nitro groups is 1. The molecule has 0 heterocycles. The number of ether oxygens (including phenoxy) is 1. The third kappa shape index (κ3) is 8.13. The Hall–Kier alpha value is -3.95. The predicted octanol–water partition coefficient (Wildman–Crippen LogP) is 2.87. The highest BCUT2D eigenvalue weighted by atomic mass is 16.6. The number of hydrogen-bond acceptors (Lipinski definition) is 6. The van der Waals surface area contributed by atoms with Gasteiger partial charge in [-0.05, 0) is 30.9 Å². The highest BCUT2D eigenvalue weighted by Gasteiger charge is 2.21. The number of amides is 2. The molecule has 0 saturated heterocycles. The molecule has 0 fully saturated rings. The molecule has 0 radical (unpaired) electrons. The molecule has 0 bridgehead atoms. The molecular weight excluding hydrogens is 406 g/mol. The van der Waals surface area contributed by atoms with E-state index in [-0.39, 0.29) is 24.3 Å². The Morgan fingerprint density at radius 3 is 2.48 bits per heavy atom. The summed E-state index contributed by atoms with van der Waals surface area (Å²) < 4.78 is 5.07. The van der Waals surface area contributed by atoms with Crippen LogP contribution in [-0.2, 0) is 16.1 Å². The van der Waals surface area contributed by atoms with E-state index in [9.17, 15) is 29.6 Å². The van der Waals surface area contributed by atoms with Gasteiger partial charge in [-0.25, -0.2) is 9.59 Å². The Labute approximate surface area is 178 Å². The number of alkyl carbamates (subject to hydrolysis) is 1. The molecule has 164 valence electrons. The van der Waals surface area contributed by atoms with Gasteiger partial charge in [0, 0.05) is 24.2 Å². The molecule has 31 heavy (non-hydrogen) atoms. The molecule has 0 aliphatic heterocycles. The standard InChI is InChI=1S/C21H23N3O7/c25-19(16-9-6-10-17(13-16)24(29)30)23-18(20(26)27)11-4-5-12-22-21(28)31-14-15-7-2-1-3-8-15/h1-3,6-10,13,18H,4-5,11-12,14H2,(H,22,28)(H,23,25)(H,26,27)/t18-/m0/s1. The van der Waals surface area contributed by atoms with Crippen molar-refractivity contribution in [2.24, 2.45) is 0 Å². The van der Waals surface area contributed by atoms with Crippen LogP contribution in [0.2, 0.25) is 0 Å². The molecule has 10 heteroatoms. The SMILES string of the molecule is O=C(NCCCC[C@H](NC(=O)c1cccc([N+](=O)[O-])c1)C(=O)O)OCc1ccccc1. The van der Waals surface area contributed by atoms with Gasteiger partial charge < -0.3 is 20.5 Å². The average Bonchev–Trinajstić information content (AvgIpc) is 2.77. The number of carboxylic acid groups (broad SMARTS) is 1. The minimum Gasteiger partial charge on any atom is -0.480 e. The number of carbonyl (C=O) groups excluding carboxylic acids is 2. The predicted molar refractivity (Wildman–Crippen MR) is 110 cm³/mol. The van der Waals surface area contributed by atoms with Crippen molar-refractivity contribution in [3.8, 4) is 0 Å². The monoisotopic (exact) mass is 429 g/mol. The smallest absolute Gasteiger partial charge is 0.407 e. The van der Waals surface area contributed by atoms with Crippen molar-refractivity contribution in [3.63, 3.8) is 0 Å². The van der Waals surface area contributed by atoms with Gasteiger partial charge in [0.15, 0.2) is 0 Å². The Morgan fingerprint density at radius 2 is 1.81 bits per heavy atom. The fourth-order valence-electron chi connectivity index (χ4n) is 2.70. The van der Waals surface area contributed by atoms with E-state index in [1.807, 2.05) is 30.3 Å². The minimum atomic E-state index is -1.21. The Morgan fingerprint density at radius 1 is 1.06 bits per heavy atom. The first-order valence-electron chi connectivity index (χ1n) is 9.59. The van der Waals surface area contributed by atoms with Crippen molar-refractivity contribution < 1.29 is 29.2 Å². The van der Waals surface area contributed by atoms with Crippen LogP contribution in [0.4, 0.5) is 10.5 Å². The van der Waals surface area contributed by atoms with Crippen LogP contribution in [0.5, 0.6) is 0 Å². The summed E-state index contributed by atoms with van der Waals surface area (Å²) in [6.07, 6.45) is 0.469. The quantitative estimate of drug-likeness (QED) is 0.282. The highest BCUT2D eigenvalue weighted by molar-refractivity contribution is 5.97. The van der Waals surface area contributed by atoms with E-state index in [2.05, 4.69) is 10.6 Å². The molecule has 0 aliphatic carbocycles. The molecular formula is C21H23N3O7. The molecule has 3 N–H and O–H groups in total. The maximum absolute atomic E-state index is 12.2. The molecule has 0 unspecified atom stereocenters. The third-order valence-electron chi connectivity index (χ3n) is 4.32. The summed E-state index contributed by atoms with van der Waals surface area (Å²) in [6, 6.07) is 13.1. The van der Waals surface area contributed by atoms with Crippen LogP contribution in [0.15, 0.2) is 54.6 Å². The zero-order chi connectivity index (χ0) is 22.6. The third-order valence-corrected chi connectivity index (χ3v) is 4.32. The van der Waals surface area contributed by atoms with Crippen molar-refractivity contribution in [2.75, 3.05) is 6.54 Å². The first kappa shape index (κ1) is 23.3. The number of unbranched alkanes of at least 4 members (excludes halogenated alkanes) is 1. The van der Waals surface area contributed by atoms with E-state index in [4.69, 9.17) is 4.74 Å². The molecule has 0 spiro atoms. The molecule has 2 rings (SSSR count). The number of nitro benzene ring substituents is 1. The molecule has 2 amide bonds. The van der Waals surface area contributed by atoms with E-state index in [1.165, 1.54) is 18.2 Å². The fraction of sp³-hybridized carbons (Fsp3) is 0.286. The van der Waals surface area contributed by atoms with Crippen LogP contribution in [0.3, 0.4) is 0 Å². The summed E-state index contributed by atoms with van der Waals surface area (Å²) in [5.74, 6) is -1.92. The zero-order valence-electron chi connectivity index (χ0n) is 16.7. The number of carbonyl (C=O) groups is 3. The summed E-state index contributed by atoms with van der Waals surface area (Å²) in [5, 5.41) is 25.1. The maximum atomic E-state index is 12.2. The number of rotatable bonds is 11. The molecule has 1 atom stereocenters. The molecule has 0 aromatic heterocycles. The minimum absolute atomic E-state index is 0.00304. The first-order valence-corrected chi connectivity index (χ1v) is 9.59. The van der Waals surface area contributed by atoms with Gasteiger partial charge in [0.25, 0.3) is 11.6 Å². The highest BCUT2D eigenvalue weighted by Crippen LogP contribution is 2.13. The van der Waals surface area contributed by atoms with Gasteiger partial charge >= 0.3 is 12.1 Å². The molecule has 0 aliphatic rings. The lowest BCUT2D eigenvalue weighted by Crippen LogP contribution is -2.40. The molecule has 2 aromatic rings. The fourth-order valence-corrected chi connectivity index (χ4v) is 2.70. The van der Waals surface area contributed by atoms with Crippen molar-refractivity contribution in [1.29, 1.82) is 0 Å². The summed E-state index contributed by atoms with van der Waals surface area (Å²) in [4.78, 5) is 45.5. The lowest BCUT2D eigenvalue weighted by Gasteiger charge is -2.14. The number of aliphatic carboxylic acids is 1. The van der Waals surface area contributed by atoms with Crippen molar-refractivity contribution in [1.82, 2.24) is 10.6 Å². The van der Waals surface area contributed by atoms with Crippen molar-refractivity contribution >= 4 is 23.7 Å². The lowest BCUT2D eigenvalue weighted by molar-refractivity contribution is -0.384. The van der Waals surface area contributed by atoms with Gasteiger partial charge in [0.05, 0.1) is 4.92 Å². The number of benzene rings is 2. The van der Waals surface area contributed by atoms with Crippen LogP contribution >= 0.6 is 0 Å². The van der Waals surface area contributed by atoms with Gasteiger partial charge in [-0.1, -0.05) is 36.4 Å². The normalized spacial score (nSPS) is 11.2. The number of nitrogens with one attached hydrogen (secondary N) is 2. The number of hydrogen-bond donors (Lipinski definition) is 3. The summed E-state index contributed by atoms with van der Waals surface area (Å²) >= 11 is 0. The van der Waals surface area contributed by atoms with Crippen molar-refractivity contribution in [2.45, 2.75) is 31.9 Å². The summed E-state index contributed by atoms with van der Waals surface area (Å²) in [5.41, 5.74) is 0.606. The van der Waals surface area contributed by atoms with Crippen LogP contribution in [0, 0.1) is 10.1 Å². The van der Waals surface area contributed by atoms with E-state index in [0.29, 0.717) is 19.4 Å². The Kier molecular flexibility index (Phi) is 8.96. The van der Waals surface area contributed by atoms with Crippen molar-refractivity contribution in [3.05, 3.63) is 75.8 Å². The largest absolute Gasteiger partial charge is 0.480 e. The number of non-ortho nitro benzene ring substituents is 1. The van der Waals surface area contributed by atoms with E-state index < -0.39 is 28.9 Å². The van der Waals surface area contributed by atoms with Gasteiger partial charge in [0.1, 0.15) is 12.6 Å². The van der Waals surface area contributed by atoms with Crippen LogP contribution in [0.25, 0.3) is 0 Å². The Balaban J connectivity index is 1.71.